The first-order chi connectivity index (χ1) is 14.1. The van der Waals surface area contributed by atoms with Crippen molar-refractivity contribution >= 4 is 17.5 Å². The third kappa shape index (κ3) is 4.75. The molecule has 156 valence electrons. The molecule has 30 heavy (non-hydrogen) atoms. The van der Waals surface area contributed by atoms with Crippen LogP contribution in [0.15, 0.2) is 59.4 Å². The van der Waals surface area contributed by atoms with E-state index in [9.17, 15) is 19.1 Å². The summed E-state index contributed by atoms with van der Waals surface area (Å²) in [5, 5.41) is 17.6. The van der Waals surface area contributed by atoms with Crippen LogP contribution in [0.25, 0.3) is 16.9 Å². The van der Waals surface area contributed by atoms with Gasteiger partial charge in [0, 0.05) is 10.6 Å². The van der Waals surface area contributed by atoms with E-state index in [0.717, 1.165) is 10.7 Å². The van der Waals surface area contributed by atoms with Crippen molar-refractivity contribution in [3.05, 3.63) is 81.4 Å². The van der Waals surface area contributed by atoms with E-state index >= 15 is 0 Å². The van der Waals surface area contributed by atoms with Crippen LogP contribution in [0.3, 0.4) is 0 Å². The molecule has 0 aliphatic carbocycles. The smallest absolute Gasteiger partial charge is 0.284 e. The zero-order chi connectivity index (χ0) is 22.1. The lowest BCUT2D eigenvalue weighted by atomic mass is 10.0. The average molecular weight is 430 g/mol. The standard InChI is InChI=1S/C22H21ClFN3O3/c1-13(22(2,3)30)25-20(28)18-12-19(14-7-9-15(23)10-8-14)26-27(21(18)29)17-6-4-5-16(24)11-17/h4-13,30H,1-3H3,(H,25,28)/t13-/m0/s1. The number of nitrogens with one attached hydrogen (secondary N) is 1. The summed E-state index contributed by atoms with van der Waals surface area (Å²) in [6.45, 7) is 4.73. The van der Waals surface area contributed by atoms with Crippen LogP contribution in [-0.2, 0) is 0 Å². The number of amides is 1. The summed E-state index contributed by atoms with van der Waals surface area (Å²) < 4.78 is 14.7. The quantitative estimate of drug-likeness (QED) is 0.649. The highest BCUT2D eigenvalue weighted by Crippen LogP contribution is 2.21. The summed E-state index contributed by atoms with van der Waals surface area (Å²) in [5.41, 5.74) is -0.955. The summed E-state index contributed by atoms with van der Waals surface area (Å²) in [5.74, 6) is -1.21. The molecule has 1 amide bonds. The number of hydrogen-bond acceptors (Lipinski definition) is 4. The molecule has 0 saturated heterocycles. The lowest BCUT2D eigenvalue weighted by Crippen LogP contribution is -2.48. The Hall–Kier alpha value is -3.03. The number of carbonyl (C=O) groups excluding carboxylic acids is 1. The van der Waals surface area contributed by atoms with Gasteiger partial charge in [-0.2, -0.15) is 9.78 Å². The van der Waals surface area contributed by atoms with Crippen molar-refractivity contribution in [1.29, 1.82) is 0 Å². The molecular weight excluding hydrogens is 409 g/mol. The molecule has 6 nitrogen and oxygen atoms in total. The maximum atomic E-state index is 13.7. The molecule has 3 aromatic rings. The van der Waals surface area contributed by atoms with Gasteiger partial charge in [0.15, 0.2) is 0 Å². The molecule has 3 rings (SSSR count). The summed E-state index contributed by atoms with van der Waals surface area (Å²) >= 11 is 5.95. The lowest BCUT2D eigenvalue weighted by Gasteiger charge is -2.26. The van der Waals surface area contributed by atoms with Crippen LogP contribution in [0.4, 0.5) is 4.39 Å². The Kier molecular flexibility index (Phi) is 6.05. The highest BCUT2D eigenvalue weighted by Gasteiger charge is 2.26. The van der Waals surface area contributed by atoms with E-state index < -0.39 is 28.9 Å². The maximum Gasteiger partial charge on any atom is 0.284 e. The highest BCUT2D eigenvalue weighted by molar-refractivity contribution is 6.30. The third-order valence-corrected chi connectivity index (χ3v) is 5.01. The number of benzene rings is 2. The Balaban J connectivity index is 2.17. The SMILES string of the molecule is C[C@H](NC(=O)c1cc(-c2ccc(Cl)cc2)nn(-c2cccc(F)c2)c1=O)C(C)(C)O. The molecule has 8 heteroatoms. The Bertz CT molecular complexity index is 1140. The number of aromatic nitrogens is 2. The van der Waals surface area contributed by atoms with Crippen molar-refractivity contribution < 1.29 is 14.3 Å². The molecule has 1 heterocycles. The van der Waals surface area contributed by atoms with Gasteiger partial charge in [0.25, 0.3) is 11.5 Å². The predicted molar refractivity (Wildman–Crippen MR) is 113 cm³/mol. The summed E-state index contributed by atoms with van der Waals surface area (Å²) in [6.07, 6.45) is 0. The van der Waals surface area contributed by atoms with Crippen LogP contribution in [0, 0.1) is 5.82 Å². The predicted octanol–water partition coefficient (Wildman–Crippen LogP) is 3.58. The molecule has 0 radical (unpaired) electrons. The molecule has 0 aliphatic heterocycles. The second-order valence-electron chi connectivity index (χ2n) is 7.50. The first kappa shape index (κ1) is 21.7. The number of hydrogen-bond donors (Lipinski definition) is 2. The topological polar surface area (TPSA) is 84.2 Å². The molecule has 1 atom stereocenters. The zero-order valence-electron chi connectivity index (χ0n) is 16.7. The van der Waals surface area contributed by atoms with Crippen LogP contribution < -0.4 is 10.9 Å². The maximum absolute atomic E-state index is 13.7. The van der Waals surface area contributed by atoms with Gasteiger partial charge >= 0.3 is 0 Å². The largest absolute Gasteiger partial charge is 0.388 e. The molecule has 0 aliphatic rings. The van der Waals surface area contributed by atoms with Crippen molar-refractivity contribution in [2.24, 2.45) is 0 Å². The molecule has 1 aromatic heterocycles. The van der Waals surface area contributed by atoms with Gasteiger partial charge in [-0.3, -0.25) is 9.59 Å². The minimum absolute atomic E-state index is 0.181. The molecule has 0 bridgehead atoms. The Morgan fingerprint density at radius 1 is 1.20 bits per heavy atom. The first-order valence-electron chi connectivity index (χ1n) is 9.26. The second kappa shape index (κ2) is 8.38. The Labute approximate surface area is 177 Å². The van der Waals surface area contributed by atoms with E-state index in [1.807, 2.05) is 0 Å². The Morgan fingerprint density at radius 3 is 2.47 bits per heavy atom. The van der Waals surface area contributed by atoms with E-state index in [0.29, 0.717) is 16.3 Å². The van der Waals surface area contributed by atoms with E-state index in [2.05, 4.69) is 10.4 Å². The normalized spacial score (nSPS) is 12.5. The van der Waals surface area contributed by atoms with Crippen LogP contribution >= 0.6 is 11.6 Å². The summed E-state index contributed by atoms with van der Waals surface area (Å²) in [4.78, 5) is 25.9. The average Bonchev–Trinajstić information content (AvgIpc) is 2.68. The molecular formula is C22H21ClFN3O3. The number of aliphatic hydroxyl groups is 1. The summed E-state index contributed by atoms with van der Waals surface area (Å²) in [6, 6.07) is 12.8. The zero-order valence-corrected chi connectivity index (χ0v) is 17.4. The monoisotopic (exact) mass is 429 g/mol. The molecule has 2 aromatic carbocycles. The molecule has 0 fully saturated rings. The minimum Gasteiger partial charge on any atom is -0.388 e. The molecule has 0 unspecified atom stereocenters. The lowest BCUT2D eigenvalue weighted by molar-refractivity contribution is 0.0408. The van der Waals surface area contributed by atoms with Crippen molar-refractivity contribution in [3.63, 3.8) is 0 Å². The fourth-order valence-corrected chi connectivity index (χ4v) is 2.78. The van der Waals surface area contributed by atoms with E-state index in [-0.39, 0.29) is 11.3 Å². The number of carbonyl (C=O) groups is 1. The van der Waals surface area contributed by atoms with Gasteiger partial charge in [0.2, 0.25) is 0 Å². The number of rotatable bonds is 5. The van der Waals surface area contributed by atoms with Crippen LogP contribution in [-0.4, -0.2) is 32.4 Å². The van der Waals surface area contributed by atoms with Gasteiger partial charge in [-0.1, -0.05) is 29.8 Å². The number of nitrogens with zero attached hydrogens (tertiary/aromatic N) is 2. The Morgan fingerprint density at radius 2 is 1.87 bits per heavy atom. The third-order valence-electron chi connectivity index (χ3n) is 4.76. The van der Waals surface area contributed by atoms with Gasteiger partial charge in [-0.25, -0.2) is 4.39 Å². The van der Waals surface area contributed by atoms with Gasteiger partial charge in [-0.05, 0) is 57.2 Å². The molecule has 0 saturated carbocycles. The molecule has 0 spiro atoms. The fourth-order valence-electron chi connectivity index (χ4n) is 2.65. The van der Waals surface area contributed by atoms with E-state index in [1.165, 1.54) is 24.3 Å². The van der Waals surface area contributed by atoms with Gasteiger partial charge in [0.1, 0.15) is 11.4 Å². The van der Waals surface area contributed by atoms with Crippen molar-refractivity contribution in [1.82, 2.24) is 15.1 Å². The minimum atomic E-state index is -1.19. The second-order valence-corrected chi connectivity index (χ2v) is 7.93. The fraction of sp³-hybridized carbons (Fsp3) is 0.227. The van der Waals surface area contributed by atoms with Crippen molar-refractivity contribution in [3.8, 4) is 16.9 Å². The van der Waals surface area contributed by atoms with Gasteiger partial charge < -0.3 is 10.4 Å². The van der Waals surface area contributed by atoms with E-state index in [1.54, 1.807) is 45.0 Å². The van der Waals surface area contributed by atoms with Crippen molar-refractivity contribution in [2.45, 2.75) is 32.4 Å². The van der Waals surface area contributed by atoms with Crippen molar-refractivity contribution in [2.75, 3.05) is 0 Å². The number of halogens is 2. The van der Waals surface area contributed by atoms with E-state index in [4.69, 9.17) is 11.6 Å². The van der Waals surface area contributed by atoms with Gasteiger partial charge in [-0.15, -0.1) is 0 Å². The van der Waals surface area contributed by atoms with Crippen LogP contribution in [0.5, 0.6) is 0 Å². The first-order valence-corrected chi connectivity index (χ1v) is 9.63. The van der Waals surface area contributed by atoms with Crippen LogP contribution in [0.2, 0.25) is 5.02 Å². The van der Waals surface area contributed by atoms with Crippen LogP contribution in [0.1, 0.15) is 31.1 Å². The van der Waals surface area contributed by atoms with Gasteiger partial charge in [0.05, 0.1) is 23.0 Å². The highest BCUT2D eigenvalue weighted by atomic mass is 35.5. The summed E-state index contributed by atoms with van der Waals surface area (Å²) in [7, 11) is 0. The molecule has 2 N–H and O–H groups in total.